The van der Waals surface area contributed by atoms with Crippen LogP contribution in [0.1, 0.15) is 11.4 Å². The van der Waals surface area contributed by atoms with Crippen LogP contribution in [-0.2, 0) is 20.0 Å². The first-order valence-corrected chi connectivity index (χ1v) is 6.04. The summed E-state index contributed by atoms with van der Waals surface area (Å²) < 4.78 is 1.68. The number of anilines is 1. The smallest absolute Gasteiger partial charge is 0.100 e. The van der Waals surface area contributed by atoms with Gasteiger partial charge >= 0.3 is 0 Å². The van der Waals surface area contributed by atoms with Crippen molar-refractivity contribution in [2.24, 2.45) is 7.05 Å². The van der Waals surface area contributed by atoms with Gasteiger partial charge in [-0.05, 0) is 12.1 Å². The molecule has 2 rings (SSSR count). The predicted molar refractivity (Wildman–Crippen MR) is 70.6 cm³/mol. The van der Waals surface area contributed by atoms with Crippen molar-refractivity contribution in [2.45, 2.75) is 13.0 Å². The van der Waals surface area contributed by atoms with Crippen LogP contribution in [-0.4, -0.2) is 26.5 Å². The van der Waals surface area contributed by atoms with Crippen LogP contribution >= 0.6 is 11.6 Å². The molecule has 0 aliphatic heterocycles. The zero-order valence-electron chi connectivity index (χ0n) is 10.1. The number of nitrogens with one attached hydrogen (secondary N) is 1. The molecule has 0 aliphatic rings. The predicted octanol–water partition coefficient (Wildman–Crippen LogP) is 1.62. The van der Waals surface area contributed by atoms with Crippen molar-refractivity contribution >= 4 is 17.3 Å². The SMILES string of the molecule is Cn1cc(Cl)c(CNc2ccc(CCO)nc2)n1. The Balaban J connectivity index is 1.95. The van der Waals surface area contributed by atoms with Crippen LogP contribution < -0.4 is 5.32 Å². The zero-order valence-corrected chi connectivity index (χ0v) is 10.9. The molecule has 96 valence electrons. The molecule has 2 aromatic heterocycles. The van der Waals surface area contributed by atoms with E-state index < -0.39 is 0 Å². The Morgan fingerprint density at radius 2 is 2.28 bits per heavy atom. The fourth-order valence-electron chi connectivity index (χ4n) is 1.60. The molecular formula is C12H15ClN4O. The monoisotopic (exact) mass is 266 g/mol. The number of aliphatic hydroxyl groups is 1. The fraction of sp³-hybridized carbons (Fsp3) is 0.333. The normalized spacial score (nSPS) is 10.6. The molecule has 0 bridgehead atoms. The molecule has 0 unspecified atom stereocenters. The Morgan fingerprint density at radius 1 is 1.44 bits per heavy atom. The van der Waals surface area contributed by atoms with Gasteiger partial charge in [-0.25, -0.2) is 0 Å². The van der Waals surface area contributed by atoms with Gasteiger partial charge in [-0.15, -0.1) is 0 Å². The molecule has 2 aromatic rings. The fourth-order valence-corrected chi connectivity index (χ4v) is 1.85. The molecule has 0 amide bonds. The molecule has 2 heterocycles. The Morgan fingerprint density at radius 3 is 2.83 bits per heavy atom. The highest BCUT2D eigenvalue weighted by Gasteiger charge is 2.04. The van der Waals surface area contributed by atoms with Gasteiger partial charge in [0.05, 0.1) is 23.5 Å². The highest BCUT2D eigenvalue weighted by Crippen LogP contribution is 2.15. The van der Waals surface area contributed by atoms with E-state index in [9.17, 15) is 0 Å². The van der Waals surface area contributed by atoms with Crippen molar-refractivity contribution in [2.75, 3.05) is 11.9 Å². The van der Waals surface area contributed by atoms with E-state index in [-0.39, 0.29) is 6.61 Å². The largest absolute Gasteiger partial charge is 0.396 e. The van der Waals surface area contributed by atoms with Gasteiger partial charge in [0.15, 0.2) is 0 Å². The van der Waals surface area contributed by atoms with Gasteiger partial charge in [-0.2, -0.15) is 5.10 Å². The molecule has 5 nitrogen and oxygen atoms in total. The summed E-state index contributed by atoms with van der Waals surface area (Å²) in [4.78, 5) is 4.23. The van der Waals surface area contributed by atoms with Crippen LogP contribution in [0.5, 0.6) is 0 Å². The first kappa shape index (κ1) is 12.9. The Kier molecular flexibility index (Phi) is 4.17. The number of halogens is 1. The maximum absolute atomic E-state index is 8.79. The van der Waals surface area contributed by atoms with Crippen molar-refractivity contribution in [3.05, 3.63) is 40.9 Å². The molecule has 0 radical (unpaired) electrons. The summed E-state index contributed by atoms with van der Waals surface area (Å²) in [6.07, 6.45) is 4.08. The van der Waals surface area contributed by atoms with Gasteiger partial charge in [0.1, 0.15) is 5.69 Å². The Hall–Kier alpha value is -1.59. The maximum atomic E-state index is 8.79. The lowest BCUT2D eigenvalue weighted by Gasteiger charge is -2.05. The Bertz CT molecular complexity index is 509. The average molecular weight is 267 g/mol. The number of aryl methyl sites for hydroxylation is 1. The van der Waals surface area contributed by atoms with Crippen LogP contribution in [0, 0.1) is 0 Å². The first-order valence-electron chi connectivity index (χ1n) is 5.66. The molecule has 0 saturated heterocycles. The molecule has 6 heteroatoms. The second-order valence-electron chi connectivity index (χ2n) is 3.96. The topological polar surface area (TPSA) is 63.0 Å². The molecule has 0 aliphatic carbocycles. The van der Waals surface area contributed by atoms with E-state index in [0.717, 1.165) is 17.1 Å². The summed E-state index contributed by atoms with van der Waals surface area (Å²) in [7, 11) is 1.83. The van der Waals surface area contributed by atoms with E-state index >= 15 is 0 Å². The number of hydrogen-bond donors (Lipinski definition) is 2. The third-order valence-electron chi connectivity index (χ3n) is 2.51. The van der Waals surface area contributed by atoms with E-state index in [4.69, 9.17) is 16.7 Å². The van der Waals surface area contributed by atoms with E-state index in [1.54, 1.807) is 17.1 Å². The van der Waals surface area contributed by atoms with Crippen LogP contribution in [0.2, 0.25) is 5.02 Å². The highest BCUT2D eigenvalue weighted by molar-refractivity contribution is 6.31. The highest BCUT2D eigenvalue weighted by atomic mass is 35.5. The molecular weight excluding hydrogens is 252 g/mol. The summed E-state index contributed by atoms with van der Waals surface area (Å²) >= 11 is 6.01. The molecule has 18 heavy (non-hydrogen) atoms. The minimum absolute atomic E-state index is 0.114. The van der Waals surface area contributed by atoms with Crippen molar-refractivity contribution < 1.29 is 5.11 Å². The number of pyridine rings is 1. The minimum atomic E-state index is 0.114. The third-order valence-corrected chi connectivity index (χ3v) is 2.82. The van der Waals surface area contributed by atoms with Crippen LogP contribution in [0.15, 0.2) is 24.5 Å². The van der Waals surface area contributed by atoms with Crippen molar-refractivity contribution in [1.82, 2.24) is 14.8 Å². The van der Waals surface area contributed by atoms with Crippen molar-refractivity contribution in [3.63, 3.8) is 0 Å². The molecule has 0 atom stereocenters. The maximum Gasteiger partial charge on any atom is 0.100 e. The van der Waals surface area contributed by atoms with E-state index in [2.05, 4.69) is 15.4 Å². The molecule has 0 spiro atoms. The molecule has 0 aromatic carbocycles. The lowest BCUT2D eigenvalue weighted by atomic mass is 10.2. The number of aromatic nitrogens is 3. The Labute approximate surface area is 110 Å². The standard InChI is InChI=1S/C12H15ClN4O/c1-17-8-11(13)12(16-17)7-15-10-3-2-9(4-5-18)14-6-10/h2-3,6,8,15,18H,4-5,7H2,1H3. The van der Waals surface area contributed by atoms with Crippen LogP contribution in [0.25, 0.3) is 0 Å². The van der Waals surface area contributed by atoms with Gasteiger partial charge in [0.2, 0.25) is 0 Å². The molecule has 2 N–H and O–H groups in total. The second-order valence-corrected chi connectivity index (χ2v) is 4.37. The quantitative estimate of drug-likeness (QED) is 0.863. The van der Waals surface area contributed by atoms with Crippen LogP contribution in [0.4, 0.5) is 5.69 Å². The lowest BCUT2D eigenvalue weighted by Crippen LogP contribution is -2.03. The van der Waals surface area contributed by atoms with Gasteiger partial charge in [0.25, 0.3) is 0 Å². The summed E-state index contributed by atoms with van der Waals surface area (Å²) in [5.41, 5.74) is 2.58. The van der Waals surface area contributed by atoms with E-state index in [1.807, 2.05) is 19.2 Å². The van der Waals surface area contributed by atoms with E-state index in [0.29, 0.717) is 18.0 Å². The number of hydrogen-bond acceptors (Lipinski definition) is 4. The summed E-state index contributed by atoms with van der Waals surface area (Å²) in [5.74, 6) is 0. The molecule has 0 fully saturated rings. The average Bonchev–Trinajstić information content (AvgIpc) is 2.67. The zero-order chi connectivity index (χ0) is 13.0. The van der Waals surface area contributed by atoms with E-state index in [1.165, 1.54) is 0 Å². The van der Waals surface area contributed by atoms with Gasteiger partial charge < -0.3 is 10.4 Å². The third kappa shape index (κ3) is 3.21. The van der Waals surface area contributed by atoms with Crippen molar-refractivity contribution in [1.29, 1.82) is 0 Å². The number of nitrogens with zero attached hydrogens (tertiary/aromatic N) is 3. The summed E-state index contributed by atoms with van der Waals surface area (Å²) in [6, 6.07) is 3.81. The number of aliphatic hydroxyl groups excluding tert-OH is 1. The minimum Gasteiger partial charge on any atom is -0.396 e. The lowest BCUT2D eigenvalue weighted by molar-refractivity contribution is 0.298. The number of rotatable bonds is 5. The molecule has 0 saturated carbocycles. The van der Waals surface area contributed by atoms with Gasteiger partial charge in [-0.1, -0.05) is 11.6 Å². The summed E-state index contributed by atoms with van der Waals surface area (Å²) in [5, 5.41) is 16.9. The first-order chi connectivity index (χ1) is 8.69. The van der Waals surface area contributed by atoms with Crippen molar-refractivity contribution in [3.8, 4) is 0 Å². The van der Waals surface area contributed by atoms with Crippen LogP contribution in [0.3, 0.4) is 0 Å². The second kappa shape index (κ2) is 5.84. The summed E-state index contributed by atoms with van der Waals surface area (Å²) in [6.45, 7) is 0.671. The van der Waals surface area contributed by atoms with Gasteiger partial charge in [-0.3, -0.25) is 9.67 Å². The van der Waals surface area contributed by atoms with Gasteiger partial charge in [0, 0.05) is 32.0 Å².